The van der Waals surface area contributed by atoms with Crippen LogP contribution in [-0.2, 0) is 0 Å². The number of rotatable bonds is 4. The number of aryl methyl sites for hydroxylation is 1. The Morgan fingerprint density at radius 3 is 2.74 bits per heavy atom. The molecular weight excluding hydrogens is 286 g/mol. The number of carboxylic acid groups (broad SMARTS) is 1. The minimum atomic E-state index is -1.14. The van der Waals surface area contributed by atoms with Crippen molar-refractivity contribution < 1.29 is 14.7 Å². The van der Waals surface area contributed by atoms with Gasteiger partial charge in [0.15, 0.2) is 10.7 Å². The van der Waals surface area contributed by atoms with Gasteiger partial charge in [0.25, 0.3) is 5.91 Å². The fourth-order valence-electron chi connectivity index (χ4n) is 1.37. The average molecular weight is 297 g/mol. The Morgan fingerprint density at radius 2 is 2.21 bits per heavy atom. The smallest absolute Gasteiger partial charge is 0.355 e. The Balaban J connectivity index is 2.06. The van der Waals surface area contributed by atoms with Gasteiger partial charge in [-0.25, -0.2) is 14.8 Å². The summed E-state index contributed by atoms with van der Waals surface area (Å²) >= 11 is 2.51. The maximum atomic E-state index is 11.9. The van der Waals surface area contributed by atoms with Crippen molar-refractivity contribution in [3.8, 4) is 0 Å². The molecule has 0 saturated carbocycles. The Labute approximate surface area is 117 Å². The van der Waals surface area contributed by atoms with Gasteiger partial charge in [0.2, 0.25) is 0 Å². The van der Waals surface area contributed by atoms with Crippen molar-refractivity contribution in [3.05, 3.63) is 32.2 Å². The lowest BCUT2D eigenvalue weighted by Crippen LogP contribution is -2.26. The van der Waals surface area contributed by atoms with Crippen molar-refractivity contribution in [2.24, 2.45) is 0 Å². The fraction of sp³-hybridized carbons (Fsp3) is 0.273. The van der Waals surface area contributed by atoms with Gasteiger partial charge in [0.05, 0.1) is 6.04 Å². The van der Waals surface area contributed by atoms with Crippen molar-refractivity contribution in [1.82, 2.24) is 15.3 Å². The van der Waals surface area contributed by atoms with Crippen LogP contribution in [0.4, 0.5) is 0 Å². The van der Waals surface area contributed by atoms with Gasteiger partial charge >= 0.3 is 5.97 Å². The molecule has 100 valence electrons. The summed E-state index contributed by atoms with van der Waals surface area (Å²) in [5.74, 6) is -1.53. The van der Waals surface area contributed by atoms with Crippen LogP contribution in [0.1, 0.15) is 43.1 Å². The summed E-state index contributed by atoms with van der Waals surface area (Å²) in [6.07, 6.45) is 1.74. The molecule has 6 nitrogen and oxygen atoms in total. The SMILES string of the molecule is Cc1cnc(C(C)NC(=O)c2nc(C(=O)O)cs2)s1. The number of aromatic nitrogens is 2. The van der Waals surface area contributed by atoms with Gasteiger partial charge in [0.1, 0.15) is 5.01 Å². The number of carbonyl (C=O) groups excluding carboxylic acids is 1. The van der Waals surface area contributed by atoms with Gasteiger partial charge in [-0.2, -0.15) is 0 Å². The molecule has 1 amide bonds. The maximum absolute atomic E-state index is 11.9. The van der Waals surface area contributed by atoms with E-state index in [1.807, 2.05) is 13.8 Å². The van der Waals surface area contributed by atoms with Gasteiger partial charge in [-0.15, -0.1) is 22.7 Å². The molecule has 2 rings (SSSR count). The minimum absolute atomic E-state index is 0.118. The summed E-state index contributed by atoms with van der Waals surface area (Å²) < 4.78 is 0. The predicted molar refractivity (Wildman–Crippen MR) is 71.8 cm³/mol. The van der Waals surface area contributed by atoms with Crippen molar-refractivity contribution in [1.29, 1.82) is 0 Å². The maximum Gasteiger partial charge on any atom is 0.355 e. The summed E-state index contributed by atoms with van der Waals surface area (Å²) in [7, 11) is 0. The zero-order valence-corrected chi connectivity index (χ0v) is 11.8. The van der Waals surface area contributed by atoms with Crippen molar-refractivity contribution in [2.75, 3.05) is 0 Å². The third-order valence-electron chi connectivity index (χ3n) is 2.27. The van der Waals surface area contributed by atoms with E-state index in [0.717, 1.165) is 21.2 Å². The molecule has 0 aromatic carbocycles. The van der Waals surface area contributed by atoms with E-state index in [1.54, 1.807) is 6.20 Å². The summed E-state index contributed by atoms with van der Waals surface area (Å²) in [5.41, 5.74) is -0.118. The Hall–Kier alpha value is -1.80. The number of hydrogen-bond acceptors (Lipinski definition) is 6. The molecule has 0 aliphatic carbocycles. The summed E-state index contributed by atoms with van der Waals surface area (Å²) in [5, 5.41) is 13.8. The van der Waals surface area contributed by atoms with Crippen molar-refractivity contribution >= 4 is 34.6 Å². The van der Waals surface area contributed by atoms with E-state index in [4.69, 9.17) is 5.11 Å². The zero-order chi connectivity index (χ0) is 14.0. The van der Waals surface area contributed by atoms with E-state index in [0.29, 0.717) is 0 Å². The molecule has 0 bridgehead atoms. The molecular formula is C11H11N3O3S2. The first-order valence-electron chi connectivity index (χ1n) is 5.39. The van der Waals surface area contributed by atoms with Crippen LogP contribution in [0.25, 0.3) is 0 Å². The highest BCUT2D eigenvalue weighted by molar-refractivity contribution is 7.12. The number of thiazole rings is 2. The third kappa shape index (κ3) is 3.15. The number of hydrogen-bond donors (Lipinski definition) is 2. The molecule has 2 aromatic heterocycles. The fourth-order valence-corrected chi connectivity index (χ4v) is 2.84. The molecule has 0 aliphatic rings. The van der Waals surface area contributed by atoms with Crippen LogP contribution in [0.15, 0.2) is 11.6 Å². The topological polar surface area (TPSA) is 92.2 Å². The molecule has 0 radical (unpaired) electrons. The highest BCUT2D eigenvalue weighted by Gasteiger charge is 2.18. The monoisotopic (exact) mass is 297 g/mol. The Kier molecular flexibility index (Phi) is 3.91. The van der Waals surface area contributed by atoms with Crippen LogP contribution < -0.4 is 5.32 Å². The lowest BCUT2D eigenvalue weighted by atomic mass is 10.3. The van der Waals surface area contributed by atoms with E-state index < -0.39 is 11.9 Å². The molecule has 0 aliphatic heterocycles. The first-order chi connectivity index (χ1) is 8.97. The zero-order valence-electron chi connectivity index (χ0n) is 10.2. The van der Waals surface area contributed by atoms with Gasteiger partial charge in [-0.05, 0) is 13.8 Å². The predicted octanol–water partition coefficient (Wildman–Crippen LogP) is 2.10. The van der Waals surface area contributed by atoms with E-state index in [-0.39, 0.29) is 16.7 Å². The van der Waals surface area contributed by atoms with E-state index in [2.05, 4.69) is 15.3 Å². The summed E-state index contributed by atoms with van der Waals surface area (Å²) in [6, 6.07) is -0.233. The number of nitrogens with zero attached hydrogens (tertiary/aromatic N) is 2. The number of nitrogens with one attached hydrogen (secondary N) is 1. The lowest BCUT2D eigenvalue weighted by molar-refractivity contribution is 0.0691. The molecule has 0 saturated heterocycles. The second kappa shape index (κ2) is 5.45. The molecule has 8 heteroatoms. The summed E-state index contributed by atoms with van der Waals surface area (Å²) in [6.45, 7) is 3.76. The molecule has 19 heavy (non-hydrogen) atoms. The van der Waals surface area contributed by atoms with Crippen LogP contribution in [-0.4, -0.2) is 27.0 Å². The lowest BCUT2D eigenvalue weighted by Gasteiger charge is -2.09. The first-order valence-corrected chi connectivity index (χ1v) is 7.09. The third-order valence-corrected chi connectivity index (χ3v) is 4.21. The van der Waals surface area contributed by atoms with Crippen molar-refractivity contribution in [3.63, 3.8) is 0 Å². The van der Waals surface area contributed by atoms with Crippen LogP contribution in [0.3, 0.4) is 0 Å². The molecule has 2 aromatic rings. The Bertz CT molecular complexity index is 620. The Morgan fingerprint density at radius 1 is 1.47 bits per heavy atom. The summed E-state index contributed by atoms with van der Waals surface area (Å²) in [4.78, 5) is 31.6. The molecule has 1 atom stereocenters. The average Bonchev–Trinajstić information content (AvgIpc) is 2.96. The number of aromatic carboxylic acids is 1. The van der Waals surface area contributed by atoms with Gasteiger partial charge in [-0.3, -0.25) is 4.79 Å². The van der Waals surface area contributed by atoms with Crippen LogP contribution in [0, 0.1) is 6.92 Å². The normalized spacial score (nSPS) is 12.1. The molecule has 0 spiro atoms. The van der Waals surface area contributed by atoms with Gasteiger partial charge in [-0.1, -0.05) is 0 Å². The van der Waals surface area contributed by atoms with Gasteiger partial charge in [0, 0.05) is 16.5 Å². The van der Waals surface area contributed by atoms with Gasteiger partial charge < -0.3 is 10.4 Å². The highest BCUT2D eigenvalue weighted by atomic mass is 32.1. The first kappa shape index (κ1) is 13.6. The van der Waals surface area contributed by atoms with Crippen LogP contribution >= 0.6 is 22.7 Å². The van der Waals surface area contributed by atoms with Crippen LogP contribution in [0.5, 0.6) is 0 Å². The van der Waals surface area contributed by atoms with E-state index in [1.165, 1.54) is 16.7 Å². The molecule has 0 fully saturated rings. The largest absolute Gasteiger partial charge is 0.476 e. The van der Waals surface area contributed by atoms with Crippen LogP contribution in [0.2, 0.25) is 0 Å². The number of amides is 1. The van der Waals surface area contributed by atoms with Crippen molar-refractivity contribution in [2.45, 2.75) is 19.9 Å². The van der Waals surface area contributed by atoms with E-state index >= 15 is 0 Å². The molecule has 1 unspecified atom stereocenters. The molecule has 2 heterocycles. The highest BCUT2D eigenvalue weighted by Crippen LogP contribution is 2.19. The number of carbonyl (C=O) groups is 2. The second-order valence-electron chi connectivity index (χ2n) is 3.85. The molecule has 2 N–H and O–H groups in total. The quantitative estimate of drug-likeness (QED) is 0.901. The standard InChI is InChI=1S/C11H11N3O3S2/c1-5-3-12-9(19-5)6(2)13-8(15)10-14-7(4-18-10)11(16)17/h3-4,6H,1-2H3,(H,13,15)(H,16,17). The second-order valence-corrected chi connectivity index (χ2v) is 5.97. The minimum Gasteiger partial charge on any atom is -0.476 e. The number of carboxylic acids is 1. The van der Waals surface area contributed by atoms with E-state index in [9.17, 15) is 9.59 Å².